The first-order valence-corrected chi connectivity index (χ1v) is 8.79. The third-order valence-electron chi connectivity index (χ3n) is 3.69. The largest absolute Gasteiger partial charge is 0.377 e. The van der Waals surface area contributed by atoms with Crippen molar-refractivity contribution >= 4 is 21.6 Å². The summed E-state index contributed by atoms with van der Waals surface area (Å²) < 4.78 is 32.8. The minimum Gasteiger partial charge on any atom is -0.377 e. The molecule has 5 nitrogen and oxygen atoms in total. The number of nitrogens with zero attached hydrogens (tertiary/aromatic N) is 1. The number of ether oxygens (including phenoxy) is 1. The Kier molecular flexibility index (Phi) is 5.27. The summed E-state index contributed by atoms with van der Waals surface area (Å²) in [5.74, 6) is 0. The lowest BCUT2D eigenvalue weighted by molar-refractivity contribution is 0.0752. The maximum atomic E-state index is 12.9. The van der Waals surface area contributed by atoms with Gasteiger partial charge in [-0.3, -0.25) is 0 Å². The summed E-state index contributed by atoms with van der Waals surface area (Å²) in [4.78, 5) is 0.240. The molecule has 0 saturated carbocycles. The molecule has 1 aliphatic rings. The summed E-state index contributed by atoms with van der Waals surface area (Å²) >= 11 is 6.04. The molecule has 1 aliphatic heterocycles. The first-order chi connectivity index (χ1) is 9.86. The third kappa shape index (κ3) is 3.57. The van der Waals surface area contributed by atoms with Crippen molar-refractivity contribution in [3.8, 4) is 0 Å². The van der Waals surface area contributed by atoms with Gasteiger partial charge in [0, 0.05) is 31.3 Å². The number of halogens is 1. The predicted molar refractivity (Wildman–Crippen MR) is 82.9 cm³/mol. The van der Waals surface area contributed by atoms with Gasteiger partial charge in [-0.05, 0) is 43.5 Å². The number of rotatable bonds is 3. The summed E-state index contributed by atoms with van der Waals surface area (Å²) in [5.41, 5.74) is 7.09. The second kappa shape index (κ2) is 6.62. The number of benzene rings is 1. The fraction of sp³-hybridized carbons (Fsp3) is 0.571. The van der Waals surface area contributed by atoms with Gasteiger partial charge in [0.1, 0.15) is 0 Å². The van der Waals surface area contributed by atoms with Gasteiger partial charge in [0.15, 0.2) is 0 Å². The standard InChI is InChI=1S/C14H21ClN2O3S/c1-10-9-17(4-3-5-20-10)21(18,19)14-7-13(15)6-12(8-16)11(14)2/h6-7,10H,3-5,8-9,16H2,1-2H3. The molecule has 1 atom stereocenters. The summed E-state index contributed by atoms with van der Waals surface area (Å²) in [6.07, 6.45) is 0.572. The molecule has 2 rings (SSSR count). The number of sulfonamides is 1. The van der Waals surface area contributed by atoms with E-state index in [-0.39, 0.29) is 17.5 Å². The van der Waals surface area contributed by atoms with Crippen molar-refractivity contribution in [3.05, 3.63) is 28.3 Å². The summed E-state index contributed by atoms with van der Waals surface area (Å²) in [5, 5.41) is 0.388. The van der Waals surface area contributed by atoms with Crippen molar-refractivity contribution in [2.45, 2.75) is 37.8 Å². The molecule has 1 saturated heterocycles. The van der Waals surface area contributed by atoms with E-state index in [9.17, 15) is 8.42 Å². The molecule has 2 N–H and O–H groups in total. The molecular formula is C14H21ClN2O3S. The zero-order valence-corrected chi connectivity index (χ0v) is 13.9. The Bertz CT molecular complexity index is 619. The first-order valence-electron chi connectivity index (χ1n) is 6.97. The van der Waals surface area contributed by atoms with Crippen LogP contribution in [0.4, 0.5) is 0 Å². The molecule has 1 fully saturated rings. The van der Waals surface area contributed by atoms with Crippen LogP contribution in [0.5, 0.6) is 0 Å². The maximum Gasteiger partial charge on any atom is 0.243 e. The monoisotopic (exact) mass is 332 g/mol. The molecule has 0 spiro atoms. The quantitative estimate of drug-likeness (QED) is 0.917. The highest BCUT2D eigenvalue weighted by Gasteiger charge is 2.29. The number of nitrogens with two attached hydrogens (primary N) is 1. The van der Waals surface area contributed by atoms with Crippen LogP contribution < -0.4 is 5.73 Å². The molecule has 1 unspecified atom stereocenters. The molecule has 1 heterocycles. The smallest absolute Gasteiger partial charge is 0.243 e. The van der Waals surface area contributed by atoms with Gasteiger partial charge < -0.3 is 10.5 Å². The van der Waals surface area contributed by atoms with E-state index in [1.54, 1.807) is 13.0 Å². The third-order valence-corrected chi connectivity index (χ3v) is 5.89. The van der Waals surface area contributed by atoms with Gasteiger partial charge >= 0.3 is 0 Å². The SMILES string of the molecule is Cc1c(CN)cc(Cl)cc1S(=O)(=O)N1CCCOC(C)C1. The average Bonchev–Trinajstić information content (AvgIpc) is 2.66. The Morgan fingerprint density at radius 3 is 2.86 bits per heavy atom. The van der Waals surface area contributed by atoms with Crippen LogP contribution in [0.2, 0.25) is 5.02 Å². The van der Waals surface area contributed by atoms with Gasteiger partial charge in [-0.2, -0.15) is 4.31 Å². The van der Waals surface area contributed by atoms with Crippen molar-refractivity contribution in [1.82, 2.24) is 4.31 Å². The first kappa shape index (κ1) is 16.7. The second-order valence-electron chi connectivity index (χ2n) is 5.29. The summed E-state index contributed by atoms with van der Waals surface area (Å²) in [6.45, 7) is 5.29. The van der Waals surface area contributed by atoms with Crippen molar-refractivity contribution in [3.63, 3.8) is 0 Å². The number of hydrogen-bond donors (Lipinski definition) is 1. The van der Waals surface area contributed by atoms with E-state index in [2.05, 4.69) is 0 Å². The van der Waals surface area contributed by atoms with E-state index >= 15 is 0 Å². The Hall–Kier alpha value is -0.660. The van der Waals surface area contributed by atoms with E-state index in [0.717, 1.165) is 5.56 Å². The summed E-state index contributed by atoms with van der Waals surface area (Å²) in [6, 6.07) is 3.21. The maximum absolute atomic E-state index is 12.9. The minimum absolute atomic E-state index is 0.115. The van der Waals surface area contributed by atoms with E-state index in [0.29, 0.717) is 36.7 Å². The molecule has 0 aromatic heterocycles. The molecule has 1 aromatic carbocycles. The summed E-state index contributed by atoms with van der Waals surface area (Å²) in [7, 11) is -3.59. The zero-order chi connectivity index (χ0) is 15.6. The lowest BCUT2D eigenvalue weighted by atomic mass is 10.1. The highest BCUT2D eigenvalue weighted by molar-refractivity contribution is 7.89. The average molecular weight is 333 g/mol. The van der Waals surface area contributed by atoms with Crippen LogP contribution in [0.25, 0.3) is 0 Å². The lowest BCUT2D eigenvalue weighted by Gasteiger charge is -2.23. The van der Waals surface area contributed by atoms with E-state index in [4.69, 9.17) is 22.1 Å². The van der Waals surface area contributed by atoms with Crippen molar-refractivity contribution in [2.75, 3.05) is 19.7 Å². The van der Waals surface area contributed by atoms with E-state index in [1.807, 2.05) is 6.92 Å². The Labute approximate surface area is 131 Å². The fourth-order valence-corrected chi connectivity index (χ4v) is 4.65. The van der Waals surface area contributed by atoms with Crippen molar-refractivity contribution < 1.29 is 13.2 Å². The van der Waals surface area contributed by atoms with Gasteiger partial charge in [0.2, 0.25) is 10.0 Å². The van der Waals surface area contributed by atoms with Crippen LogP contribution in [0.1, 0.15) is 24.5 Å². The van der Waals surface area contributed by atoms with E-state index in [1.165, 1.54) is 10.4 Å². The van der Waals surface area contributed by atoms with E-state index < -0.39 is 10.0 Å². The van der Waals surface area contributed by atoms with Crippen LogP contribution in [0.15, 0.2) is 17.0 Å². The van der Waals surface area contributed by atoms with Gasteiger partial charge in [-0.25, -0.2) is 8.42 Å². The van der Waals surface area contributed by atoms with Crippen molar-refractivity contribution in [1.29, 1.82) is 0 Å². The fourth-order valence-electron chi connectivity index (χ4n) is 2.50. The molecule has 0 bridgehead atoms. The van der Waals surface area contributed by atoms with Crippen LogP contribution in [0, 0.1) is 6.92 Å². The predicted octanol–water partition coefficient (Wildman–Crippen LogP) is 1.91. The van der Waals surface area contributed by atoms with Crippen LogP contribution >= 0.6 is 11.6 Å². The molecule has 118 valence electrons. The van der Waals surface area contributed by atoms with Crippen molar-refractivity contribution in [2.24, 2.45) is 5.73 Å². The molecule has 0 radical (unpaired) electrons. The normalized spacial score (nSPS) is 21.2. The van der Waals surface area contributed by atoms with Gasteiger partial charge in [-0.1, -0.05) is 11.6 Å². The lowest BCUT2D eigenvalue weighted by Crippen LogP contribution is -2.36. The Morgan fingerprint density at radius 2 is 2.19 bits per heavy atom. The van der Waals surface area contributed by atoms with Crippen LogP contribution in [0.3, 0.4) is 0 Å². The molecule has 21 heavy (non-hydrogen) atoms. The Morgan fingerprint density at radius 1 is 1.48 bits per heavy atom. The molecule has 0 amide bonds. The Balaban J connectivity index is 2.46. The second-order valence-corrected chi connectivity index (χ2v) is 7.63. The van der Waals surface area contributed by atoms with Gasteiger partial charge in [-0.15, -0.1) is 0 Å². The molecular weight excluding hydrogens is 312 g/mol. The molecule has 1 aromatic rings. The van der Waals surface area contributed by atoms with Gasteiger partial charge in [0.05, 0.1) is 11.0 Å². The van der Waals surface area contributed by atoms with Gasteiger partial charge in [0.25, 0.3) is 0 Å². The zero-order valence-electron chi connectivity index (χ0n) is 12.3. The minimum atomic E-state index is -3.59. The highest BCUT2D eigenvalue weighted by Crippen LogP contribution is 2.27. The topological polar surface area (TPSA) is 72.6 Å². The molecule has 7 heteroatoms. The number of hydrogen-bond acceptors (Lipinski definition) is 4. The molecule has 0 aliphatic carbocycles. The highest BCUT2D eigenvalue weighted by atomic mass is 35.5. The van der Waals surface area contributed by atoms with Crippen LogP contribution in [-0.4, -0.2) is 38.5 Å². The van der Waals surface area contributed by atoms with Crippen LogP contribution in [-0.2, 0) is 21.3 Å².